The molecule has 0 atom stereocenters. The molecule has 0 saturated heterocycles. The van der Waals surface area contributed by atoms with Crippen LogP contribution in [0.5, 0.6) is 0 Å². The summed E-state index contributed by atoms with van der Waals surface area (Å²) in [5.74, 6) is -0.409. The molecule has 2 aromatic heterocycles. The number of anilines is 1. The van der Waals surface area contributed by atoms with Crippen molar-refractivity contribution in [2.24, 2.45) is 0 Å². The summed E-state index contributed by atoms with van der Waals surface area (Å²) in [5.41, 5.74) is 2.65. The molecule has 0 amide bonds. The molecular formula is C15H18N4O2. The van der Waals surface area contributed by atoms with Crippen molar-refractivity contribution in [2.75, 3.05) is 5.32 Å². The zero-order valence-electron chi connectivity index (χ0n) is 12.1. The Labute approximate surface area is 123 Å². The second-order valence-corrected chi connectivity index (χ2v) is 4.79. The number of rotatable bonds is 6. The van der Waals surface area contributed by atoms with E-state index in [4.69, 9.17) is 5.11 Å². The molecule has 6 nitrogen and oxygen atoms in total. The molecule has 0 fully saturated rings. The number of hydrogen-bond donors (Lipinski definition) is 2. The first-order valence-electron chi connectivity index (χ1n) is 6.84. The van der Waals surface area contributed by atoms with E-state index in [1.807, 2.05) is 13.8 Å². The van der Waals surface area contributed by atoms with Crippen LogP contribution < -0.4 is 5.32 Å². The van der Waals surface area contributed by atoms with Gasteiger partial charge in [-0.15, -0.1) is 0 Å². The standard InChI is InChI=1S/C15H18N4O2/c1-3-4-12-5-11(15(20)21)6-14(19-12)18-9-13-8-16-10(2)7-17-13/h5-8H,3-4,9H2,1-2H3,(H,18,19)(H,20,21). The van der Waals surface area contributed by atoms with Crippen molar-refractivity contribution in [3.05, 3.63) is 47.2 Å². The number of carboxylic acid groups (broad SMARTS) is 1. The van der Waals surface area contributed by atoms with Gasteiger partial charge in [-0.05, 0) is 25.5 Å². The minimum atomic E-state index is -0.951. The molecular weight excluding hydrogens is 268 g/mol. The number of carboxylic acids is 1. The third kappa shape index (κ3) is 4.24. The highest BCUT2D eigenvalue weighted by molar-refractivity contribution is 5.88. The maximum atomic E-state index is 11.1. The van der Waals surface area contributed by atoms with Gasteiger partial charge < -0.3 is 10.4 Å². The fourth-order valence-electron chi connectivity index (χ4n) is 1.88. The topological polar surface area (TPSA) is 88.0 Å². The normalized spacial score (nSPS) is 10.4. The first kappa shape index (κ1) is 14.9. The highest BCUT2D eigenvalue weighted by atomic mass is 16.4. The van der Waals surface area contributed by atoms with Crippen LogP contribution in [0.15, 0.2) is 24.5 Å². The lowest BCUT2D eigenvalue weighted by molar-refractivity contribution is 0.0696. The van der Waals surface area contributed by atoms with Crippen LogP contribution in [0, 0.1) is 6.92 Å². The Morgan fingerprint density at radius 3 is 2.67 bits per heavy atom. The summed E-state index contributed by atoms with van der Waals surface area (Å²) >= 11 is 0. The van der Waals surface area contributed by atoms with Gasteiger partial charge in [-0.25, -0.2) is 9.78 Å². The van der Waals surface area contributed by atoms with E-state index in [0.29, 0.717) is 12.4 Å². The second-order valence-electron chi connectivity index (χ2n) is 4.79. The van der Waals surface area contributed by atoms with Gasteiger partial charge in [0.05, 0.1) is 29.7 Å². The van der Waals surface area contributed by atoms with Gasteiger partial charge in [0, 0.05) is 11.9 Å². The molecule has 0 bridgehead atoms. The molecule has 110 valence electrons. The molecule has 0 radical (unpaired) electrons. The molecule has 6 heteroatoms. The van der Waals surface area contributed by atoms with Gasteiger partial charge in [0.25, 0.3) is 0 Å². The first-order chi connectivity index (χ1) is 10.1. The van der Waals surface area contributed by atoms with Crippen molar-refractivity contribution in [2.45, 2.75) is 33.2 Å². The van der Waals surface area contributed by atoms with Gasteiger partial charge >= 0.3 is 5.97 Å². The lowest BCUT2D eigenvalue weighted by atomic mass is 10.1. The average Bonchev–Trinajstić information content (AvgIpc) is 2.47. The number of aromatic nitrogens is 3. The number of carbonyl (C=O) groups is 1. The highest BCUT2D eigenvalue weighted by Crippen LogP contribution is 2.13. The number of nitrogens with one attached hydrogen (secondary N) is 1. The summed E-state index contributed by atoms with van der Waals surface area (Å²) < 4.78 is 0. The van der Waals surface area contributed by atoms with Crippen LogP contribution in [0.2, 0.25) is 0 Å². The number of pyridine rings is 1. The van der Waals surface area contributed by atoms with E-state index in [2.05, 4.69) is 20.3 Å². The quantitative estimate of drug-likeness (QED) is 0.848. The summed E-state index contributed by atoms with van der Waals surface area (Å²) in [6, 6.07) is 3.14. The number of hydrogen-bond acceptors (Lipinski definition) is 5. The molecule has 0 aliphatic heterocycles. The first-order valence-corrected chi connectivity index (χ1v) is 6.84. The molecule has 2 aromatic rings. The fourth-order valence-corrected chi connectivity index (χ4v) is 1.88. The highest BCUT2D eigenvalue weighted by Gasteiger charge is 2.08. The molecule has 0 spiro atoms. The SMILES string of the molecule is CCCc1cc(C(=O)O)cc(NCc2cnc(C)cn2)n1. The van der Waals surface area contributed by atoms with Crippen molar-refractivity contribution in [3.8, 4) is 0 Å². The third-order valence-electron chi connectivity index (χ3n) is 2.92. The Morgan fingerprint density at radius 2 is 2.05 bits per heavy atom. The van der Waals surface area contributed by atoms with Crippen LogP contribution in [0.25, 0.3) is 0 Å². The molecule has 0 unspecified atom stereocenters. The predicted octanol–water partition coefficient (Wildman–Crippen LogP) is 2.44. The van der Waals surface area contributed by atoms with E-state index in [0.717, 1.165) is 29.9 Å². The average molecular weight is 286 g/mol. The van der Waals surface area contributed by atoms with Crippen LogP contribution in [-0.2, 0) is 13.0 Å². The summed E-state index contributed by atoms with van der Waals surface area (Å²) in [6.45, 7) is 4.36. The lowest BCUT2D eigenvalue weighted by Gasteiger charge is -2.08. The molecule has 0 aromatic carbocycles. The lowest BCUT2D eigenvalue weighted by Crippen LogP contribution is -2.08. The van der Waals surface area contributed by atoms with Crippen LogP contribution >= 0.6 is 0 Å². The van der Waals surface area contributed by atoms with Crippen LogP contribution in [0.1, 0.15) is 40.8 Å². The van der Waals surface area contributed by atoms with Crippen molar-refractivity contribution < 1.29 is 9.90 Å². The van der Waals surface area contributed by atoms with Crippen molar-refractivity contribution >= 4 is 11.8 Å². The van der Waals surface area contributed by atoms with Crippen LogP contribution in [-0.4, -0.2) is 26.0 Å². The van der Waals surface area contributed by atoms with E-state index >= 15 is 0 Å². The van der Waals surface area contributed by atoms with E-state index in [-0.39, 0.29) is 5.56 Å². The second kappa shape index (κ2) is 6.78. The van der Waals surface area contributed by atoms with Gasteiger partial charge in [0.1, 0.15) is 5.82 Å². The van der Waals surface area contributed by atoms with E-state index < -0.39 is 5.97 Å². The molecule has 2 N–H and O–H groups in total. The molecule has 2 rings (SSSR count). The summed E-state index contributed by atoms with van der Waals surface area (Å²) in [6.07, 6.45) is 5.05. The van der Waals surface area contributed by atoms with Crippen LogP contribution in [0.4, 0.5) is 5.82 Å². The fraction of sp³-hybridized carbons (Fsp3) is 0.333. The number of nitrogens with zero attached hydrogens (tertiary/aromatic N) is 3. The van der Waals surface area contributed by atoms with Gasteiger partial charge in [-0.1, -0.05) is 13.3 Å². The maximum absolute atomic E-state index is 11.1. The van der Waals surface area contributed by atoms with Gasteiger partial charge in [0.2, 0.25) is 0 Å². The van der Waals surface area contributed by atoms with Gasteiger partial charge in [-0.2, -0.15) is 0 Å². The Kier molecular flexibility index (Phi) is 4.81. The minimum Gasteiger partial charge on any atom is -0.478 e. The van der Waals surface area contributed by atoms with E-state index in [9.17, 15) is 4.79 Å². The molecule has 0 saturated carbocycles. The number of aryl methyl sites for hydroxylation is 2. The Balaban J connectivity index is 2.14. The Hall–Kier alpha value is -2.50. The Morgan fingerprint density at radius 1 is 1.24 bits per heavy atom. The molecule has 21 heavy (non-hydrogen) atoms. The van der Waals surface area contributed by atoms with Crippen LogP contribution in [0.3, 0.4) is 0 Å². The van der Waals surface area contributed by atoms with Crippen molar-refractivity contribution in [1.29, 1.82) is 0 Å². The smallest absolute Gasteiger partial charge is 0.335 e. The summed E-state index contributed by atoms with van der Waals surface area (Å²) in [7, 11) is 0. The molecule has 2 heterocycles. The predicted molar refractivity (Wildman–Crippen MR) is 79.3 cm³/mol. The zero-order valence-corrected chi connectivity index (χ0v) is 12.1. The summed E-state index contributed by atoms with van der Waals surface area (Å²) in [5, 5.41) is 12.2. The zero-order chi connectivity index (χ0) is 15.2. The van der Waals surface area contributed by atoms with Crippen molar-refractivity contribution in [3.63, 3.8) is 0 Å². The van der Waals surface area contributed by atoms with E-state index in [1.54, 1.807) is 18.5 Å². The molecule has 0 aliphatic carbocycles. The van der Waals surface area contributed by atoms with Gasteiger partial charge in [-0.3, -0.25) is 9.97 Å². The van der Waals surface area contributed by atoms with Crippen molar-refractivity contribution in [1.82, 2.24) is 15.0 Å². The Bertz CT molecular complexity index is 626. The molecule has 0 aliphatic rings. The summed E-state index contributed by atoms with van der Waals surface area (Å²) in [4.78, 5) is 24.0. The third-order valence-corrected chi connectivity index (χ3v) is 2.92. The maximum Gasteiger partial charge on any atom is 0.335 e. The van der Waals surface area contributed by atoms with E-state index in [1.165, 1.54) is 6.07 Å². The largest absolute Gasteiger partial charge is 0.478 e. The number of aromatic carboxylic acids is 1. The minimum absolute atomic E-state index is 0.242. The van der Waals surface area contributed by atoms with Gasteiger partial charge in [0.15, 0.2) is 0 Å². The monoisotopic (exact) mass is 286 g/mol.